The molecule has 7 heteroatoms. The van der Waals surface area contributed by atoms with E-state index in [2.05, 4.69) is 23.8 Å². The van der Waals surface area contributed by atoms with Gasteiger partial charge in [-0.15, -0.1) is 6.58 Å². The van der Waals surface area contributed by atoms with E-state index in [9.17, 15) is 9.59 Å². The monoisotopic (exact) mass is 372 g/mol. The third kappa shape index (κ3) is 4.58. The van der Waals surface area contributed by atoms with E-state index < -0.39 is 11.8 Å². The number of nitrogens with one attached hydrogen (secondary N) is 2. The molecule has 26 heavy (non-hydrogen) atoms. The highest BCUT2D eigenvalue weighted by molar-refractivity contribution is 7.80. The lowest BCUT2D eigenvalue weighted by Gasteiger charge is -2.18. The quantitative estimate of drug-likeness (QED) is 0.317. The fourth-order valence-electron chi connectivity index (χ4n) is 2.42. The molecule has 1 fully saturated rings. The third-order valence-corrected chi connectivity index (χ3v) is 3.62. The minimum absolute atomic E-state index is 0.00678. The SMILES string of the molecule is C=CCOc1c(CC=C)cc(C=C2C(=O)NC(=S)NC2=O)cc1OCC. The van der Waals surface area contributed by atoms with Crippen LogP contribution in [0.5, 0.6) is 11.5 Å². The van der Waals surface area contributed by atoms with Crippen molar-refractivity contribution in [1.82, 2.24) is 10.6 Å². The molecular formula is C19H20N2O4S. The zero-order valence-electron chi connectivity index (χ0n) is 14.5. The highest BCUT2D eigenvalue weighted by Crippen LogP contribution is 2.34. The minimum Gasteiger partial charge on any atom is -0.490 e. The van der Waals surface area contributed by atoms with Gasteiger partial charge in [0.05, 0.1) is 6.61 Å². The molecule has 0 saturated carbocycles. The van der Waals surface area contributed by atoms with Gasteiger partial charge in [-0.05, 0) is 49.3 Å². The Balaban J connectivity index is 2.51. The van der Waals surface area contributed by atoms with Crippen LogP contribution < -0.4 is 20.1 Å². The molecule has 1 heterocycles. The highest BCUT2D eigenvalue weighted by atomic mass is 32.1. The molecule has 1 aromatic carbocycles. The van der Waals surface area contributed by atoms with Crippen molar-refractivity contribution in [1.29, 1.82) is 0 Å². The van der Waals surface area contributed by atoms with Gasteiger partial charge in [0.15, 0.2) is 16.6 Å². The van der Waals surface area contributed by atoms with Crippen molar-refractivity contribution in [2.45, 2.75) is 13.3 Å². The van der Waals surface area contributed by atoms with E-state index >= 15 is 0 Å². The second-order valence-corrected chi connectivity index (χ2v) is 5.74. The van der Waals surface area contributed by atoms with Crippen LogP contribution in [0.2, 0.25) is 0 Å². The molecule has 0 atom stereocenters. The number of ether oxygens (including phenoxy) is 2. The molecule has 1 aliphatic heterocycles. The Morgan fingerprint density at radius 1 is 1.12 bits per heavy atom. The van der Waals surface area contributed by atoms with Crippen molar-refractivity contribution < 1.29 is 19.1 Å². The number of benzene rings is 1. The number of hydrogen-bond acceptors (Lipinski definition) is 5. The number of hydrogen-bond donors (Lipinski definition) is 2. The van der Waals surface area contributed by atoms with Crippen molar-refractivity contribution in [3.63, 3.8) is 0 Å². The molecule has 1 aliphatic rings. The molecule has 0 spiro atoms. The summed E-state index contributed by atoms with van der Waals surface area (Å²) in [6.45, 7) is 10.0. The van der Waals surface area contributed by atoms with E-state index in [1.165, 1.54) is 6.08 Å². The van der Waals surface area contributed by atoms with Gasteiger partial charge < -0.3 is 9.47 Å². The average molecular weight is 372 g/mol. The lowest BCUT2D eigenvalue weighted by molar-refractivity contribution is -0.123. The second-order valence-electron chi connectivity index (χ2n) is 5.33. The fraction of sp³-hybridized carbons (Fsp3) is 0.211. The van der Waals surface area contributed by atoms with Crippen molar-refractivity contribution in [2.75, 3.05) is 13.2 Å². The Bertz CT molecular complexity index is 777. The number of carbonyl (C=O) groups is 2. The summed E-state index contributed by atoms with van der Waals surface area (Å²) in [6.07, 6.45) is 5.40. The Labute approximate surface area is 157 Å². The first-order valence-electron chi connectivity index (χ1n) is 8.02. The normalized spacial score (nSPS) is 13.6. The first kappa shape index (κ1) is 19.4. The maximum absolute atomic E-state index is 12.0. The number of thiocarbonyl (C=S) groups is 1. The minimum atomic E-state index is -0.547. The number of rotatable bonds is 8. The van der Waals surface area contributed by atoms with Gasteiger partial charge in [0.25, 0.3) is 11.8 Å². The summed E-state index contributed by atoms with van der Waals surface area (Å²) >= 11 is 4.80. The maximum Gasteiger partial charge on any atom is 0.263 e. The van der Waals surface area contributed by atoms with E-state index in [0.29, 0.717) is 36.7 Å². The molecule has 1 saturated heterocycles. The molecule has 2 rings (SSSR count). The largest absolute Gasteiger partial charge is 0.490 e. The van der Waals surface area contributed by atoms with Crippen LogP contribution in [0.4, 0.5) is 0 Å². The summed E-state index contributed by atoms with van der Waals surface area (Å²) in [5, 5.41) is 4.81. The molecule has 6 nitrogen and oxygen atoms in total. The van der Waals surface area contributed by atoms with Crippen LogP contribution in [-0.2, 0) is 16.0 Å². The molecule has 0 unspecified atom stereocenters. The zero-order chi connectivity index (χ0) is 19.1. The molecular weight excluding hydrogens is 352 g/mol. The molecule has 0 aromatic heterocycles. The van der Waals surface area contributed by atoms with Crippen molar-refractivity contribution >= 4 is 35.2 Å². The fourth-order valence-corrected chi connectivity index (χ4v) is 2.60. The predicted octanol–water partition coefficient (Wildman–Crippen LogP) is 2.29. The maximum atomic E-state index is 12.0. The first-order valence-corrected chi connectivity index (χ1v) is 8.43. The van der Waals surface area contributed by atoms with Gasteiger partial charge in [-0.1, -0.05) is 18.7 Å². The van der Waals surface area contributed by atoms with E-state index in [0.717, 1.165) is 5.56 Å². The molecule has 136 valence electrons. The molecule has 0 bridgehead atoms. The van der Waals surface area contributed by atoms with Gasteiger partial charge >= 0.3 is 0 Å². The zero-order valence-corrected chi connectivity index (χ0v) is 15.3. The van der Waals surface area contributed by atoms with Gasteiger partial charge in [-0.2, -0.15) is 0 Å². The summed E-state index contributed by atoms with van der Waals surface area (Å²) < 4.78 is 11.4. The van der Waals surface area contributed by atoms with Gasteiger partial charge in [0.2, 0.25) is 0 Å². The van der Waals surface area contributed by atoms with Crippen LogP contribution in [0, 0.1) is 0 Å². The van der Waals surface area contributed by atoms with E-state index in [4.69, 9.17) is 21.7 Å². The Morgan fingerprint density at radius 3 is 2.38 bits per heavy atom. The van der Waals surface area contributed by atoms with Gasteiger partial charge in [0.1, 0.15) is 12.2 Å². The molecule has 0 radical (unpaired) electrons. The standard InChI is InChI=1S/C19H20N2O4S/c1-4-7-13-9-12(10-14-17(22)20-19(26)21-18(14)23)11-15(24-6-3)16(13)25-8-5-2/h4-5,9-11H,1-2,6-8H2,3H3,(H2,20,21,22,23,26). The van der Waals surface area contributed by atoms with Gasteiger partial charge in [-0.3, -0.25) is 20.2 Å². The topological polar surface area (TPSA) is 76.7 Å². The average Bonchev–Trinajstić information content (AvgIpc) is 2.58. The van der Waals surface area contributed by atoms with Crippen LogP contribution in [0.1, 0.15) is 18.1 Å². The van der Waals surface area contributed by atoms with E-state index in [-0.39, 0.29) is 10.7 Å². The summed E-state index contributed by atoms with van der Waals surface area (Å²) in [6, 6.07) is 3.54. The Hall–Kier alpha value is -2.93. The smallest absolute Gasteiger partial charge is 0.263 e. The number of carbonyl (C=O) groups excluding carboxylic acids is 2. The second kappa shape index (κ2) is 8.96. The lowest BCUT2D eigenvalue weighted by Crippen LogP contribution is -2.51. The predicted molar refractivity (Wildman–Crippen MR) is 104 cm³/mol. The summed E-state index contributed by atoms with van der Waals surface area (Å²) in [5.41, 5.74) is 1.42. The van der Waals surface area contributed by atoms with Crippen LogP contribution >= 0.6 is 12.2 Å². The lowest BCUT2D eigenvalue weighted by atomic mass is 10.0. The molecule has 2 N–H and O–H groups in total. The Morgan fingerprint density at radius 2 is 1.81 bits per heavy atom. The van der Waals surface area contributed by atoms with Crippen molar-refractivity contribution in [3.8, 4) is 11.5 Å². The highest BCUT2D eigenvalue weighted by Gasteiger charge is 2.26. The van der Waals surface area contributed by atoms with Crippen molar-refractivity contribution in [3.05, 3.63) is 54.1 Å². The summed E-state index contributed by atoms with van der Waals surface area (Å²) in [7, 11) is 0. The first-order chi connectivity index (χ1) is 12.5. The van der Waals surface area contributed by atoms with Gasteiger partial charge in [0, 0.05) is 5.56 Å². The molecule has 2 amide bonds. The van der Waals surface area contributed by atoms with Crippen LogP contribution in [0.25, 0.3) is 6.08 Å². The van der Waals surface area contributed by atoms with E-state index in [1.807, 2.05) is 13.0 Å². The van der Waals surface area contributed by atoms with E-state index in [1.54, 1.807) is 18.2 Å². The number of allylic oxidation sites excluding steroid dienone is 1. The number of amides is 2. The molecule has 1 aromatic rings. The Kier molecular flexibility index (Phi) is 6.68. The summed E-state index contributed by atoms with van der Waals surface area (Å²) in [4.78, 5) is 24.1. The van der Waals surface area contributed by atoms with Crippen LogP contribution in [0.15, 0.2) is 43.0 Å². The van der Waals surface area contributed by atoms with Crippen LogP contribution in [0.3, 0.4) is 0 Å². The molecule has 0 aliphatic carbocycles. The van der Waals surface area contributed by atoms with Gasteiger partial charge in [-0.25, -0.2) is 0 Å². The van der Waals surface area contributed by atoms with Crippen molar-refractivity contribution in [2.24, 2.45) is 0 Å². The summed E-state index contributed by atoms with van der Waals surface area (Å²) in [5.74, 6) is 0.0168. The third-order valence-electron chi connectivity index (χ3n) is 3.42. The van der Waals surface area contributed by atoms with Crippen LogP contribution in [-0.4, -0.2) is 30.1 Å².